The number of pyridine rings is 1. The van der Waals surface area contributed by atoms with E-state index in [0.717, 1.165) is 77.5 Å². The number of likely N-dealkylation sites (tertiary alicyclic amines) is 1. The van der Waals surface area contributed by atoms with Crippen molar-refractivity contribution in [3.05, 3.63) is 60.4 Å². The number of amides is 1. The van der Waals surface area contributed by atoms with Crippen molar-refractivity contribution in [2.24, 2.45) is 0 Å². The van der Waals surface area contributed by atoms with Crippen LogP contribution in [0, 0.1) is 6.92 Å². The summed E-state index contributed by atoms with van der Waals surface area (Å²) in [6.45, 7) is 5.19. The van der Waals surface area contributed by atoms with E-state index in [1.54, 1.807) is 13.1 Å². The van der Waals surface area contributed by atoms with Gasteiger partial charge in [-0.05, 0) is 49.0 Å². The zero-order valence-electron chi connectivity index (χ0n) is 19.3. The van der Waals surface area contributed by atoms with E-state index in [-0.39, 0.29) is 11.9 Å². The van der Waals surface area contributed by atoms with Gasteiger partial charge in [0.1, 0.15) is 11.4 Å². The molecule has 3 aromatic heterocycles. The van der Waals surface area contributed by atoms with Gasteiger partial charge in [-0.3, -0.25) is 9.78 Å². The van der Waals surface area contributed by atoms with Crippen LogP contribution >= 0.6 is 0 Å². The number of hydrogen-bond donors (Lipinski definition) is 0. The van der Waals surface area contributed by atoms with Crippen LogP contribution in [0.1, 0.15) is 37.2 Å². The molecule has 6 rings (SSSR count). The summed E-state index contributed by atoms with van der Waals surface area (Å²) in [5.74, 6) is 0.995. The molecule has 0 N–H and O–H groups in total. The van der Waals surface area contributed by atoms with Gasteiger partial charge in [0.05, 0.1) is 42.2 Å². The van der Waals surface area contributed by atoms with Crippen molar-refractivity contribution in [3.8, 4) is 11.3 Å². The fourth-order valence-electron chi connectivity index (χ4n) is 5.00. The Balaban J connectivity index is 1.37. The smallest absolute Gasteiger partial charge is 0.341 e. The van der Waals surface area contributed by atoms with Crippen molar-refractivity contribution in [2.45, 2.75) is 39.2 Å². The Hall–Kier alpha value is -3.94. The van der Waals surface area contributed by atoms with Crippen LogP contribution in [0.2, 0.25) is 0 Å². The lowest BCUT2D eigenvalue weighted by atomic mass is 10.1. The van der Waals surface area contributed by atoms with E-state index in [1.165, 1.54) is 0 Å². The van der Waals surface area contributed by atoms with Gasteiger partial charge in [-0.25, -0.2) is 9.97 Å². The first-order valence-corrected chi connectivity index (χ1v) is 11.7. The molecule has 1 saturated heterocycles. The molecular formula is C26H26N7O+. The van der Waals surface area contributed by atoms with Crippen LogP contribution in [0.15, 0.2) is 49.1 Å². The van der Waals surface area contributed by atoms with Crippen molar-refractivity contribution >= 4 is 34.7 Å². The molecule has 8 heteroatoms. The van der Waals surface area contributed by atoms with Crippen LogP contribution in [0.3, 0.4) is 0 Å². The third-order valence-corrected chi connectivity index (χ3v) is 6.79. The minimum absolute atomic E-state index is 0.136. The van der Waals surface area contributed by atoms with E-state index >= 15 is 0 Å². The van der Waals surface area contributed by atoms with Crippen LogP contribution in [0.25, 0.3) is 22.3 Å². The van der Waals surface area contributed by atoms with Crippen LogP contribution in [-0.4, -0.2) is 54.6 Å². The van der Waals surface area contributed by atoms with E-state index in [2.05, 4.69) is 43.5 Å². The molecule has 4 aromatic rings. The SMILES string of the molecule is CC(=O)N1CCCC(n2cnc3ccc([N+]4=CCc5ncc(-c6ccnc(C)c6)nc54)cc32)C1. The summed E-state index contributed by atoms with van der Waals surface area (Å²) in [7, 11) is 0. The highest BCUT2D eigenvalue weighted by atomic mass is 16.2. The summed E-state index contributed by atoms with van der Waals surface area (Å²) in [4.78, 5) is 32.5. The highest BCUT2D eigenvalue weighted by molar-refractivity contribution is 5.84. The first-order chi connectivity index (χ1) is 16.6. The van der Waals surface area contributed by atoms with Crippen molar-refractivity contribution in [2.75, 3.05) is 13.1 Å². The Morgan fingerprint density at radius 2 is 2.06 bits per heavy atom. The molecule has 1 unspecified atom stereocenters. The normalized spacial score (nSPS) is 17.6. The maximum absolute atomic E-state index is 11.9. The number of benzene rings is 1. The predicted molar refractivity (Wildman–Crippen MR) is 131 cm³/mol. The predicted octanol–water partition coefficient (Wildman–Crippen LogP) is 3.84. The van der Waals surface area contributed by atoms with Crippen LogP contribution in [0.5, 0.6) is 0 Å². The third kappa shape index (κ3) is 3.55. The van der Waals surface area contributed by atoms with Crippen molar-refractivity contribution in [1.82, 2.24) is 34.0 Å². The first kappa shape index (κ1) is 20.7. The molecule has 5 heterocycles. The molecule has 1 aromatic carbocycles. The summed E-state index contributed by atoms with van der Waals surface area (Å²) in [6.07, 6.45) is 10.5. The lowest BCUT2D eigenvalue weighted by Crippen LogP contribution is -2.39. The standard InChI is InChI=1S/C26H26N7O/c1-17-12-19(7-9-27-17)24-14-28-23-8-11-32(26(23)30-24)20-5-6-22-25(13-20)33(16-29-22)21-4-3-10-31(15-21)18(2)34/h5-7,9,11-14,16,21H,3-4,8,10,15H2,1-2H3/q+1. The molecule has 170 valence electrons. The van der Waals surface area contributed by atoms with Gasteiger partial charge in [0.15, 0.2) is 0 Å². The summed E-state index contributed by atoms with van der Waals surface area (Å²) >= 11 is 0. The number of fused-ring (bicyclic) bond motifs is 2. The zero-order valence-corrected chi connectivity index (χ0v) is 19.3. The molecule has 8 nitrogen and oxygen atoms in total. The number of aromatic nitrogens is 5. The molecule has 0 aliphatic carbocycles. The molecule has 2 aliphatic heterocycles. The second-order valence-electron chi connectivity index (χ2n) is 9.05. The van der Waals surface area contributed by atoms with Gasteiger partial charge in [-0.15, -0.1) is 0 Å². The van der Waals surface area contributed by atoms with Gasteiger partial charge in [0.2, 0.25) is 11.6 Å². The van der Waals surface area contributed by atoms with Crippen LogP contribution in [-0.2, 0) is 11.2 Å². The second kappa shape index (κ2) is 8.13. The monoisotopic (exact) mass is 452 g/mol. The van der Waals surface area contributed by atoms with Crippen LogP contribution < -0.4 is 4.58 Å². The first-order valence-electron chi connectivity index (χ1n) is 11.7. The summed E-state index contributed by atoms with van der Waals surface area (Å²) < 4.78 is 4.35. The minimum atomic E-state index is 0.136. The molecule has 0 saturated carbocycles. The van der Waals surface area contributed by atoms with Crippen molar-refractivity contribution in [1.29, 1.82) is 0 Å². The number of rotatable bonds is 3. The van der Waals surface area contributed by atoms with Gasteiger partial charge >= 0.3 is 5.82 Å². The van der Waals surface area contributed by atoms with E-state index in [9.17, 15) is 4.79 Å². The molecular weight excluding hydrogens is 426 g/mol. The fourth-order valence-corrected chi connectivity index (χ4v) is 5.00. The highest BCUT2D eigenvalue weighted by Crippen LogP contribution is 2.32. The zero-order chi connectivity index (χ0) is 23.2. The Kier molecular flexibility index (Phi) is 4.94. The van der Waals surface area contributed by atoms with Crippen molar-refractivity contribution < 1.29 is 4.79 Å². The number of carbonyl (C=O) groups is 1. The maximum atomic E-state index is 11.9. The topological polar surface area (TPSA) is 79.8 Å². The van der Waals surface area contributed by atoms with Gasteiger partial charge in [0.25, 0.3) is 0 Å². The number of aryl methyl sites for hydroxylation is 1. The number of hydrogen-bond acceptors (Lipinski definition) is 5. The lowest BCUT2D eigenvalue weighted by Gasteiger charge is -2.33. The molecule has 0 bridgehead atoms. The van der Waals surface area contributed by atoms with E-state index in [1.807, 2.05) is 36.5 Å². The van der Waals surface area contributed by atoms with Gasteiger partial charge in [0, 0.05) is 43.5 Å². The summed E-state index contributed by atoms with van der Waals surface area (Å²) in [6, 6.07) is 10.5. The number of piperidine rings is 1. The summed E-state index contributed by atoms with van der Waals surface area (Å²) in [5.41, 5.74) is 6.82. The third-order valence-electron chi connectivity index (χ3n) is 6.79. The number of imidazole rings is 1. The molecule has 0 spiro atoms. The largest absolute Gasteiger partial charge is 0.350 e. The van der Waals surface area contributed by atoms with Crippen molar-refractivity contribution in [3.63, 3.8) is 0 Å². The fraction of sp³-hybridized carbons (Fsp3) is 0.308. The Morgan fingerprint density at radius 3 is 2.91 bits per heavy atom. The lowest BCUT2D eigenvalue weighted by molar-refractivity contribution is -0.130. The quantitative estimate of drug-likeness (QED) is 0.441. The average Bonchev–Trinajstić information content (AvgIpc) is 3.47. The van der Waals surface area contributed by atoms with Gasteiger partial charge < -0.3 is 9.47 Å². The van der Waals surface area contributed by atoms with Crippen LogP contribution in [0.4, 0.5) is 11.5 Å². The van der Waals surface area contributed by atoms with Gasteiger partial charge in [-0.1, -0.05) is 0 Å². The number of nitrogens with zero attached hydrogens (tertiary/aromatic N) is 7. The van der Waals surface area contributed by atoms with E-state index in [0.29, 0.717) is 0 Å². The molecule has 2 aliphatic rings. The molecule has 0 radical (unpaired) electrons. The Bertz CT molecular complexity index is 1450. The minimum Gasteiger partial charge on any atom is -0.341 e. The highest BCUT2D eigenvalue weighted by Gasteiger charge is 2.29. The Labute approximate surface area is 197 Å². The second-order valence-corrected chi connectivity index (χ2v) is 9.05. The summed E-state index contributed by atoms with van der Waals surface area (Å²) in [5, 5.41) is 0. The molecule has 1 atom stereocenters. The molecule has 1 fully saturated rings. The van der Waals surface area contributed by atoms with Gasteiger partial charge in [-0.2, -0.15) is 4.58 Å². The van der Waals surface area contributed by atoms with E-state index < -0.39 is 0 Å². The Morgan fingerprint density at radius 1 is 1.15 bits per heavy atom. The molecule has 34 heavy (non-hydrogen) atoms. The number of carbonyl (C=O) groups excluding carboxylic acids is 1. The average molecular weight is 453 g/mol. The molecule has 1 amide bonds. The van der Waals surface area contributed by atoms with E-state index in [4.69, 9.17) is 9.97 Å². The maximum Gasteiger partial charge on any atom is 0.350 e.